The van der Waals surface area contributed by atoms with Gasteiger partial charge in [0.05, 0.1) is 38.3 Å². The maximum atomic E-state index is 14.1. The lowest BCUT2D eigenvalue weighted by atomic mass is 9.82. The van der Waals surface area contributed by atoms with Gasteiger partial charge < -0.3 is 35.3 Å². The van der Waals surface area contributed by atoms with Gasteiger partial charge in [0.1, 0.15) is 17.0 Å². The van der Waals surface area contributed by atoms with Crippen LogP contribution < -0.4 is 25.4 Å². The molecule has 6 rings (SSSR count). The van der Waals surface area contributed by atoms with Crippen molar-refractivity contribution in [2.24, 2.45) is 0 Å². The van der Waals surface area contributed by atoms with Crippen molar-refractivity contribution in [2.45, 2.75) is 55.5 Å². The Morgan fingerprint density at radius 2 is 1.92 bits per heavy atom. The zero-order chi connectivity index (χ0) is 36.1. The van der Waals surface area contributed by atoms with Crippen molar-refractivity contribution in [2.75, 3.05) is 40.5 Å². The van der Waals surface area contributed by atoms with Crippen LogP contribution in [-0.4, -0.2) is 101 Å². The van der Waals surface area contributed by atoms with E-state index < -0.39 is 22.9 Å². The quantitative estimate of drug-likeness (QED) is 0.203. The largest absolute Gasteiger partial charge is 0.496 e. The molecule has 15 heteroatoms. The Bertz CT molecular complexity index is 1820. The summed E-state index contributed by atoms with van der Waals surface area (Å²) in [7, 11) is 3.04. The number of nitrogens with one attached hydrogen (secondary N) is 3. The van der Waals surface area contributed by atoms with Gasteiger partial charge >= 0.3 is 0 Å². The molecule has 13 nitrogen and oxygen atoms in total. The molecule has 51 heavy (non-hydrogen) atoms. The van der Waals surface area contributed by atoms with E-state index in [1.165, 1.54) is 21.1 Å². The number of methoxy groups -OCH3 is 2. The van der Waals surface area contributed by atoms with E-state index in [0.29, 0.717) is 66.7 Å². The van der Waals surface area contributed by atoms with E-state index >= 15 is 0 Å². The molecular weight excluding hydrogens is 697 g/mol. The Kier molecular flexibility index (Phi) is 11.5. The van der Waals surface area contributed by atoms with Crippen molar-refractivity contribution in [3.8, 4) is 11.6 Å². The minimum atomic E-state index is -1.47. The van der Waals surface area contributed by atoms with Gasteiger partial charge in [0.2, 0.25) is 11.8 Å². The maximum absolute atomic E-state index is 14.1. The number of likely N-dealkylation sites (tertiary alicyclic amines) is 1. The zero-order valence-electron chi connectivity index (χ0n) is 28.6. The van der Waals surface area contributed by atoms with Crippen molar-refractivity contribution in [3.63, 3.8) is 0 Å². The summed E-state index contributed by atoms with van der Waals surface area (Å²) in [5.41, 5.74) is 1.43. The van der Waals surface area contributed by atoms with Crippen LogP contribution in [0.4, 0.5) is 0 Å². The molecule has 0 spiro atoms. The summed E-state index contributed by atoms with van der Waals surface area (Å²) in [6, 6.07) is 8.85. The van der Waals surface area contributed by atoms with Crippen molar-refractivity contribution in [1.29, 1.82) is 0 Å². The number of pyridine rings is 1. The summed E-state index contributed by atoms with van der Waals surface area (Å²) in [6.07, 6.45) is 8.64. The first-order valence-electron chi connectivity index (χ1n) is 16.6. The van der Waals surface area contributed by atoms with Gasteiger partial charge in [0.15, 0.2) is 5.82 Å². The highest BCUT2D eigenvalue weighted by Gasteiger charge is 2.46. The minimum absolute atomic E-state index is 0.0587. The second-order valence-corrected chi connectivity index (χ2v) is 13.6. The van der Waals surface area contributed by atoms with Crippen LogP contribution in [0, 0.1) is 0 Å². The summed E-state index contributed by atoms with van der Waals surface area (Å²) in [6.45, 7) is 4.60. The second-order valence-electron chi connectivity index (χ2n) is 12.8. The van der Waals surface area contributed by atoms with E-state index in [1.54, 1.807) is 36.7 Å². The number of aliphatic hydroxyl groups is 1. The van der Waals surface area contributed by atoms with E-state index in [2.05, 4.69) is 25.8 Å². The number of carbonyl (C=O) groups is 2. The predicted molar refractivity (Wildman–Crippen MR) is 192 cm³/mol. The van der Waals surface area contributed by atoms with Crippen molar-refractivity contribution < 1.29 is 28.9 Å². The number of alkyl halides is 1. The standard InChI is InChI=1S/C36H41Cl2N7O6/c1-21(46)42-24-18-45(19-24)17-23-16-40-29(13-31(23)49-2)33(48)44-36(11-6-8-26(32(36)38)25-7-4-5-9-27(25)37)35-41-15-22(34(43-35)50-3)14-39-28-10-12-51-20-30(28)47/h4-9,11,13,15-16,24,28,30,32,39,47H,10,12,14,17-20H2,1-3H3,(H,42,46)(H,44,48)/t28-,30-,32?,36?/m1/s1. The molecule has 1 aliphatic carbocycles. The molecule has 2 amide bonds. The molecule has 4 N–H and O–H groups in total. The molecule has 270 valence electrons. The SMILES string of the molecule is COc1cc(C(=O)NC2(c3ncc(CN[C@@H]4CCOC[C@H]4O)c(OC)n3)C=CC=C(c3ccccc3Cl)C2Cl)ncc1CN1CC(NC(C)=O)C1. The van der Waals surface area contributed by atoms with Gasteiger partial charge in [-0.1, -0.05) is 42.0 Å². The number of amides is 2. The molecule has 3 aliphatic rings. The molecule has 2 aliphatic heterocycles. The fourth-order valence-electron chi connectivity index (χ4n) is 6.55. The van der Waals surface area contributed by atoms with Crippen molar-refractivity contribution >= 4 is 40.6 Å². The number of hydrogen-bond donors (Lipinski definition) is 4. The molecular formula is C36H41Cl2N7O6. The lowest BCUT2D eigenvalue weighted by Crippen LogP contribution is -2.58. The Labute approximate surface area is 306 Å². The molecule has 2 aromatic heterocycles. The Balaban J connectivity index is 1.29. The van der Waals surface area contributed by atoms with E-state index in [0.717, 1.165) is 5.56 Å². The van der Waals surface area contributed by atoms with Crippen molar-refractivity contribution in [3.05, 3.63) is 94.2 Å². The normalized spacial score (nSPS) is 23.6. The van der Waals surface area contributed by atoms with Gasteiger partial charge in [-0.3, -0.25) is 19.5 Å². The van der Waals surface area contributed by atoms with Crippen LogP contribution in [0.5, 0.6) is 11.6 Å². The van der Waals surface area contributed by atoms with Gasteiger partial charge in [-0.2, -0.15) is 4.98 Å². The van der Waals surface area contributed by atoms with E-state index in [1.807, 2.05) is 24.3 Å². The predicted octanol–water partition coefficient (Wildman–Crippen LogP) is 2.99. The lowest BCUT2D eigenvalue weighted by Gasteiger charge is -2.39. The monoisotopic (exact) mass is 737 g/mol. The zero-order valence-corrected chi connectivity index (χ0v) is 30.1. The Hall–Kier alpha value is -4.11. The fourth-order valence-corrected chi connectivity index (χ4v) is 7.21. The molecule has 2 fully saturated rings. The molecule has 4 heterocycles. The van der Waals surface area contributed by atoms with E-state index in [-0.39, 0.29) is 42.0 Å². The van der Waals surface area contributed by atoms with Crippen LogP contribution in [-0.2, 0) is 28.2 Å². The first kappa shape index (κ1) is 36.7. The molecule has 0 saturated carbocycles. The third-order valence-electron chi connectivity index (χ3n) is 9.24. The summed E-state index contributed by atoms with van der Waals surface area (Å²) in [4.78, 5) is 41.7. The first-order chi connectivity index (χ1) is 24.6. The van der Waals surface area contributed by atoms with Crippen LogP contribution in [0.1, 0.15) is 46.3 Å². The van der Waals surface area contributed by atoms with Crippen LogP contribution in [0.25, 0.3) is 5.57 Å². The number of allylic oxidation sites excluding steroid dienone is 2. The molecule has 2 saturated heterocycles. The average molecular weight is 739 g/mol. The number of aliphatic hydroxyl groups excluding tert-OH is 1. The molecule has 3 aromatic rings. The number of ether oxygens (including phenoxy) is 3. The minimum Gasteiger partial charge on any atom is -0.496 e. The van der Waals surface area contributed by atoms with Gasteiger partial charge in [-0.05, 0) is 29.7 Å². The fraction of sp³-hybridized carbons (Fsp3) is 0.417. The van der Waals surface area contributed by atoms with Crippen LogP contribution in [0.3, 0.4) is 0 Å². The summed E-state index contributed by atoms with van der Waals surface area (Å²) in [5.74, 6) is 0.370. The number of carbonyl (C=O) groups excluding carboxylic acids is 2. The van der Waals surface area contributed by atoms with Gasteiger partial charge in [-0.25, -0.2) is 4.98 Å². The first-order valence-corrected chi connectivity index (χ1v) is 17.5. The van der Waals surface area contributed by atoms with Gasteiger partial charge in [0, 0.05) is 80.4 Å². The van der Waals surface area contributed by atoms with Crippen LogP contribution >= 0.6 is 23.2 Å². The average Bonchev–Trinajstić information content (AvgIpc) is 3.11. The molecule has 0 bridgehead atoms. The summed E-state index contributed by atoms with van der Waals surface area (Å²) in [5, 5.41) is 19.3. The van der Waals surface area contributed by atoms with Gasteiger partial charge in [0.25, 0.3) is 5.91 Å². The summed E-state index contributed by atoms with van der Waals surface area (Å²) < 4.78 is 16.7. The second kappa shape index (κ2) is 16.1. The number of aromatic nitrogens is 3. The number of hydrogen-bond acceptors (Lipinski definition) is 11. The van der Waals surface area contributed by atoms with E-state index in [9.17, 15) is 14.7 Å². The Morgan fingerprint density at radius 3 is 2.65 bits per heavy atom. The third kappa shape index (κ3) is 8.03. The topological polar surface area (TPSA) is 160 Å². The number of halogens is 2. The summed E-state index contributed by atoms with van der Waals surface area (Å²) >= 11 is 14.0. The third-order valence-corrected chi connectivity index (χ3v) is 10.1. The van der Waals surface area contributed by atoms with Crippen LogP contribution in [0.15, 0.2) is 61.0 Å². The maximum Gasteiger partial charge on any atom is 0.271 e. The van der Waals surface area contributed by atoms with E-state index in [4.69, 9.17) is 47.4 Å². The van der Waals surface area contributed by atoms with Crippen molar-refractivity contribution in [1.82, 2.24) is 35.8 Å². The number of nitrogens with zero attached hydrogens (tertiary/aromatic N) is 4. The lowest BCUT2D eigenvalue weighted by molar-refractivity contribution is -0.120. The highest BCUT2D eigenvalue weighted by Crippen LogP contribution is 2.42. The molecule has 4 atom stereocenters. The highest BCUT2D eigenvalue weighted by atomic mass is 35.5. The van der Waals surface area contributed by atoms with Crippen LogP contribution in [0.2, 0.25) is 5.02 Å². The smallest absolute Gasteiger partial charge is 0.271 e. The molecule has 2 unspecified atom stereocenters. The Morgan fingerprint density at radius 1 is 1.14 bits per heavy atom. The number of rotatable bonds is 12. The molecule has 1 aromatic carbocycles. The molecule has 0 radical (unpaired) electrons. The number of benzene rings is 1. The van der Waals surface area contributed by atoms with Gasteiger partial charge in [-0.15, -0.1) is 11.6 Å². The highest BCUT2D eigenvalue weighted by molar-refractivity contribution is 6.34.